The van der Waals surface area contributed by atoms with E-state index in [0.717, 1.165) is 10.9 Å². The Labute approximate surface area is 114 Å². The fraction of sp³-hybridized carbons (Fsp3) is 0. The van der Waals surface area contributed by atoms with Crippen molar-refractivity contribution in [3.05, 3.63) is 70.9 Å². The molecule has 0 amide bonds. The Morgan fingerprint density at radius 2 is 1.85 bits per heavy atom. The molecule has 1 heterocycles. The van der Waals surface area contributed by atoms with Gasteiger partial charge in [0, 0.05) is 17.6 Å². The lowest BCUT2D eigenvalue weighted by Gasteiger charge is -2.07. The number of rotatable bonds is 3. The van der Waals surface area contributed by atoms with Gasteiger partial charge in [-0.2, -0.15) is 0 Å². The van der Waals surface area contributed by atoms with E-state index in [-0.39, 0.29) is 5.69 Å². The van der Waals surface area contributed by atoms with E-state index in [4.69, 9.17) is 4.74 Å². The maximum atomic E-state index is 10.8. The third kappa shape index (κ3) is 2.29. The maximum Gasteiger partial charge on any atom is 0.273 e. The molecular formula is C15H10N2O3. The number of fused-ring (bicyclic) bond motifs is 1. The van der Waals surface area contributed by atoms with E-state index in [1.54, 1.807) is 24.4 Å². The quantitative estimate of drug-likeness (QED) is 0.532. The summed E-state index contributed by atoms with van der Waals surface area (Å²) >= 11 is 0. The number of pyridine rings is 1. The number of nitro groups is 1. The molecule has 0 aliphatic rings. The van der Waals surface area contributed by atoms with Gasteiger partial charge in [0.1, 0.15) is 11.3 Å². The van der Waals surface area contributed by atoms with Gasteiger partial charge >= 0.3 is 0 Å². The molecule has 3 aromatic rings. The van der Waals surface area contributed by atoms with Crippen LogP contribution in [-0.4, -0.2) is 9.91 Å². The smallest absolute Gasteiger partial charge is 0.273 e. The summed E-state index contributed by atoms with van der Waals surface area (Å²) in [5.74, 6) is 0.987. The molecule has 0 N–H and O–H groups in total. The molecule has 3 rings (SSSR count). The Hall–Kier alpha value is -2.95. The summed E-state index contributed by atoms with van der Waals surface area (Å²) < 4.78 is 5.72. The molecule has 98 valence electrons. The fourth-order valence-corrected chi connectivity index (χ4v) is 1.95. The normalized spacial score (nSPS) is 10.4. The predicted octanol–water partition coefficient (Wildman–Crippen LogP) is 3.94. The van der Waals surface area contributed by atoms with Crippen molar-refractivity contribution in [2.45, 2.75) is 0 Å². The average Bonchev–Trinajstić information content (AvgIpc) is 2.48. The lowest BCUT2D eigenvalue weighted by molar-refractivity contribution is -0.384. The van der Waals surface area contributed by atoms with Crippen LogP contribution in [0.4, 0.5) is 5.69 Å². The number of nitro benzene ring substituents is 1. The number of non-ortho nitro benzene ring substituents is 1. The minimum Gasteiger partial charge on any atom is -0.455 e. The molecule has 0 bridgehead atoms. The highest BCUT2D eigenvalue weighted by Crippen LogP contribution is 2.29. The second-order valence-corrected chi connectivity index (χ2v) is 4.19. The second kappa shape index (κ2) is 4.97. The summed E-state index contributed by atoms with van der Waals surface area (Å²) in [6.45, 7) is 0. The Morgan fingerprint density at radius 1 is 1.05 bits per heavy atom. The van der Waals surface area contributed by atoms with Crippen molar-refractivity contribution in [3.8, 4) is 11.5 Å². The molecule has 0 fully saturated rings. The molecule has 0 saturated heterocycles. The van der Waals surface area contributed by atoms with Crippen LogP contribution >= 0.6 is 0 Å². The van der Waals surface area contributed by atoms with Crippen molar-refractivity contribution in [1.82, 2.24) is 4.98 Å². The lowest BCUT2D eigenvalue weighted by atomic mass is 10.2. The van der Waals surface area contributed by atoms with Crippen LogP contribution in [0.5, 0.6) is 11.5 Å². The molecule has 0 atom stereocenters. The maximum absolute atomic E-state index is 10.8. The average molecular weight is 266 g/mol. The molecule has 1 aromatic heterocycles. The molecule has 0 spiro atoms. The third-order valence-electron chi connectivity index (χ3n) is 2.85. The van der Waals surface area contributed by atoms with Crippen LogP contribution in [0.1, 0.15) is 0 Å². The van der Waals surface area contributed by atoms with E-state index in [0.29, 0.717) is 11.5 Å². The fourth-order valence-electron chi connectivity index (χ4n) is 1.95. The third-order valence-corrected chi connectivity index (χ3v) is 2.85. The molecular weight excluding hydrogens is 256 g/mol. The van der Waals surface area contributed by atoms with Crippen LogP contribution < -0.4 is 4.74 Å². The Bertz CT molecular complexity index is 781. The Kier molecular flexibility index (Phi) is 3.01. The minimum atomic E-state index is -0.450. The van der Waals surface area contributed by atoms with Crippen LogP contribution in [0.25, 0.3) is 10.9 Å². The van der Waals surface area contributed by atoms with Crippen molar-refractivity contribution in [2.24, 2.45) is 0 Å². The summed E-state index contributed by atoms with van der Waals surface area (Å²) in [5.41, 5.74) is 0.720. The predicted molar refractivity (Wildman–Crippen MR) is 74.9 cm³/mol. The number of benzene rings is 2. The number of ether oxygens (including phenoxy) is 1. The van der Waals surface area contributed by atoms with Gasteiger partial charge in [-0.15, -0.1) is 0 Å². The summed E-state index contributed by atoms with van der Waals surface area (Å²) in [6, 6.07) is 15.4. The molecule has 2 aromatic carbocycles. The second-order valence-electron chi connectivity index (χ2n) is 4.19. The number of hydrogen-bond donors (Lipinski definition) is 0. The van der Waals surface area contributed by atoms with Crippen molar-refractivity contribution in [2.75, 3.05) is 0 Å². The first-order chi connectivity index (χ1) is 9.74. The Balaban J connectivity index is 2.01. The zero-order valence-corrected chi connectivity index (χ0v) is 10.4. The molecule has 5 heteroatoms. The van der Waals surface area contributed by atoms with E-state index < -0.39 is 4.92 Å². The molecule has 5 nitrogen and oxygen atoms in total. The van der Waals surface area contributed by atoms with Gasteiger partial charge in [-0.3, -0.25) is 15.1 Å². The SMILES string of the molecule is O=[N+]([O-])c1cccc(Oc2cccc3cccnc23)c1. The van der Waals surface area contributed by atoms with Gasteiger partial charge < -0.3 is 4.74 Å². The molecule has 0 aliphatic carbocycles. The molecule has 0 unspecified atom stereocenters. The highest BCUT2D eigenvalue weighted by Gasteiger charge is 2.09. The van der Waals surface area contributed by atoms with Crippen LogP contribution in [0.2, 0.25) is 0 Å². The molecule has 0 radical (unpaired) electrons. The Morgan fingerprint density at radius 3 is 2.70 bits per heavy atom. The summed E-state index contributed by atoms with van der Waals surface area (Å²) in [4.78, 5) is 14.6. The molecule has 0 aliphatic heterocycles. The van der Waals surface area contributed by atoms with Crippen LogP contribution in [0.3, 0.4) is 0 Å². The van der Waals surface area contributed by atoms with Gasteiger partial charge in [0.25, 0.3) is 5.69 Å². The first-order valence-electron chi connectivity index (χ1n) is 6.00. The van der Waals surface area contributed by atoms with Gasteiger partial charge in [-0.25, -0.2) is 0 Å². The zero-order chi connectivity index (χ0) is 13.9. The van der Waals surface area contributed by atoms with Gasteiger partial charge in [0.2, 0.25) is 0 Å². The van der Waals surface area contributed by atoms with E-state index in [1.807, 2.05) is 24.3 Å². The molecule has 0 saturated carbocycles. The van der Waals surface area contributed by atoms with E-state index in [9.17, 15) is 10.1 Å². The highest BCUT2D eigenvalue weighted by molar-refractivity contribution is 5.84. The van der Waals surface area contributed by atoms with Crippen LogP contribution in [0, 0.1) is 10.1 Å². The number of aromatic nitrogens is 1. The van der Waals surface area contributed by atoms with Crippen molar-refractivity contribution >= 4 is 16.6 Å². The van der Waals surface area contributed by atoms with E-state index in [2.05, 4.69) is 4.98 Å². The van der Waals surface area contributed by atoms with Crippen LogP contribution in [0.15, 0.2) is 60.8 Å². The monoisotopic (exact) mass is 266 g/mol. The van der Waals surface area contributed by atoms with Crippen molar-refractivity contribution in [3.63, 3.8) is 0 Å². The molecule has 20 heavy (non-hydrogen) atoms. The first kappa shape index (κ1) is 12.1. The topological polar surface area (TPSA) is 65.3 Å². The highest BCUT2D eigenvalue weighted by atomic mass is 16.6. The van der Waals surface area contributed by atoms with Gasteiger partial charge in [-0.05, 0) is 18.2 Å². The summed E-state index contributed by atoms with van der Waals surface area (Å²) in [5, 5.41) is 11.7. The summed E-state index contributed by atoms with van der Waals surface area (Å²) in [7, 11) is 0. The van der Waals surface area contributed by atoms with Gasteiger partial charge in [-0.1, -0.05) is 24.3 Å². The van der Waals surface area contributed by atoms with E-state index in [1.165, 1.54) is 12.1 Å². The lowest BCUT2D eigenvalue weighted by Crippen LogP contribution is -1.90. The van der Waals surface area contributed by atoms with Crippen LogP contribution in [-0.2, 0) is 0 Å². The number of hydrogen-bond acceptors (Lipinski definition) is 4. The van der Waals surface area contributed by atoms with Crippen molar-refractivity contribution in [1.29, 1.82) is 0 Å². The first-order valence-corrected chi connectivity index (χ1v) is 6.00. The van der Waals surface area contributed by atoms with Gasteiger partial charge in [0.05, 0.1) is 11.0 Å². The van der Waals surface area contributed by atoms with E-state index >= 15 is 0 Å². The summed E-state index contributed by atoms with van der Waals surface area (Å²) in [6.07, 6.45) is 1.68. The largest absolute Gasteiger partial charge is 0.455 e. The number of para-hydroxylation sites is 1. The minimum absolute atomic E-state index is 0.00399. The standard InChI is InChI=1S/C15H10N2O3/c18-17(19)12-6-2-7-13(10-12)20-14-8-1-4-11-5-3-9-16-15(11)14/h1-10H. The van der Waals surface area contributed by atoms with Gasteiger partial charge in [0.15, 0.2) is 5.75 Å². The zero-order valence-electron chi connectivity index (χ0n) is 10.4. The van der Waals surface area contributed by atoms with Crippen molar-refractivity contribution < 1.29 is 9.66 Å². The number of nitrogens with zero attached hydrogens (tertiary/aromatic N) is 2.